The van der Waals surface area contributed by atoms with Gasteiger partial charge in [0.15, 0.2) is 0 Å². The Kier molecular flexibility index (Phi) is 3.07. The molecule has 2 aliphatic rings. The molecule has 0 amide bonds. The Hall–Kier alpha value is -0.270. The highest BCUT2D eigenvalue weighted by Gasteiger charge is 2.26. The van der Waals surface area contributed by atoms with Gasteiger partial charge in [0.2, 0.25) is 0 Å². The standard InChI is InChI=1S/C11H15ClO/c12-6-11-4-2-1-3-10(11)5-9-7-13-8-9/h1-4,9-11H,5-8H2. The molecule has 0 aromatic carbocycles. The lowest BCUT2D eigenvalue weighted by atomic mass is 9.82. The summed E-state index contributed by atoms with van der Waals surface area (Å²) >= 11 is 5.90. The summed E-state index contributed by atoms with van der Waals surface area (Å²) in [7, 11) is 0. The van der Waals surface area contributed by atoms with E-state index in [1.165, 1.54) is 6.42 Å². The van der Waals surface area contributed by atoms with Crippen LogP contribution in [0.2, 0.25) is 0 Å². The zero-order chi connectivity index (χ0) is 9.10. The van der Waals surface area contributed by atoms with Crippen LogP contribution in [0.25, 0.3) is 0 Å². The van der Waals surface area contributed by atoms with E-state index >= 15 is 0 Å². The van der Waals surface area contributed by atoms with Gasteiger partial charge in [0.05, 0.1) is 13.2 Å². The van der Waals surface area contributed by atoms with E-state index in [4.69, 9.17) is 16.3 Å². The lowest BCUT2D eigenvalue weighted by Crippen LogP contribution is -2.31. The zero-order valence-electron chi connectivity index (χ0n) is 7.66. The number of alkyl halides is 1. The van der Waals surface area contributed by atoms with Gasteiger partial charge in [0, 0.05) is 11.8 Å². The summed E-state index contributed by atoms with van der Waals surface area (Å²) in [6.07, 6.45) is 9.97. The molecule has 1 aliphatic carbocycles. The Balaban J connectivity index is 1.88. The van der Waals surface area contributed by atoms with Gasteiger partial charge in [-0.25, -0.2) is 0 Å². The van der Waals surface area contributed by atoms with Gasteiger partial charge >= 0.3 is 0 Å². The topological polar surface area (TPSA) is 9.23 Å². The number of hydrogen-bond donors (Lipinski definition) is 0. The van der Waals surface area contributed by atoms with Crippen molar-refractivity contribution in [2.75, 3.05) is 19.1 Å². The first-order chi connectivity index (χ1) is 6.40. The maximum absolute atomic E-state index is 5.90. The van der Waals surface area contributed by atoms with Crippen molar-refractivity contribution in [3.63, 3.8) is 0 Å². The Bertz CT molecular complexity index is 218. The second-order valence-electron chi connectivity index (χ2n) is 3.89. The minimum atomic E-state index is 0.535. The van der Waals surface area contributed by atoms with E-state index in [9.17, 15) is 0 Å². The molecule has 0 bridgehead atoms. The third-order valence-corrected chi connectivity index (χ3v) is 3.22. The highest BCUT2D eigenvalue weighted by atomic mass is 35.5. The van der Waals surface area contributed by atoms with Gasteiger partial charge < -0.3 is 4.74 Å². The lowest BCUT2D eigenvalue weighted by molar-refractivity contribution is -0.0416. The predicted octanol–water partition coefficient (Wildman–Crippen LogP) is 2.62. The molecule has 72 valence electrons. The van der Waals surface area contributed by atoms with E-state index in [2.05, 4.69) is 24.3 Å². The van der Waals surface area contributed by atoms with Crippen LogP contribution in [0.4, 0.5) is 0 Å². The van der Waals surface area contributed by atoms with Gasteiger partial charge in [-0.2, -0.15) is 0 Å². The van der Waals surface area contributed by atoms with E-state index in [-0.39, 0.29) is 0 Å². The molecule has 0 N–H and O–H groups in total. The molecule has 1 saturated heterocycles. The summed E-state index contributed by atoms with van der Waals surface area (Å²) in [6.45, 7) is 1.89. The van der Waals surface area contributed by atoms with Crippen molar-refractivity contribution in [1.29, 1.82) is 0 Å². The Morgan fingerprint density at radius 3 is 2.38 bits per heavy atom. The van der Waals surface area contributed by atoms with Crippen LogP contribution in [0.1, 0.15) is 6.42 Å². The van der Waals surface area contributed by atoms with E-state index in [1.807, 2.05) is 0 Å². The minimum Gasteiger partial charge on any atom is -0.381 e. The summed E-state index contributed by atoms with van der Waals surface area (Å²) in [5, 5.41) is 0. The fourth-order valence-electron chi connectivity index (χ4n) is 1.92. The van der Waals surface area contributed by atoms with Crippen LogP contribution < -0.4 is 0 Å². The zero-order valence-corrected chi connectivity index (χ0v) is 8.41. The van der Waals surface area contributed by atoms with Crippen molar-refractivity contribution >= 4 is 11.6 Å². The van der Waals surface area contributed by atoms with E-state index < -0.39 is 0 Å². The number of halogens is 1. The van der Waals surface area contributed by atoms with Crippen LogP contribution in [-0.2, 0) is 4.74 Å². The maximum atomic E-state index is 5.90. The van der Waals surface area contributed by atoms with Crippen LogP contribution in [-0.4, -0.2) is 19.1 Å². The quantitative estimate of drug-likeness (QED) is 0.634. The average Bonchev–Trinajstić information content (AvgIpc) is 2.12. The lowest BCUT2D eigenvalue weighted by Gasteiger charge is -2.31. The van der Waals surface area contributed by atoms with Crippen molar-refractivity contribution < 1.29 is 4.74 Å². The molecule has 0 spiro atoms. The molecule has 2 rings (SSSR count). The summed E-state index contributed by atoms with van der Waals surface area (Å²) in [5.41, 5.74) is 0. The third kappa shape index (κ3) is 2.15. The molecule has 2 heteroatoms. The van der Waals surface area contributed by atoms with E-state index in [0.717, 1.165) is 25.0 Å². The van der Waals surface area contributed by atoms with Crippen molar-refractivity contribution in [2.24, 2.45) is 17.8 Å². The molecule has 0 saturated carbocycles. The molecule has 2 atom stereocenters. The largest absolute Gasteiger partial charge is 0.381 e. The predicted molar refractivity (Wildman–Crippen MR) is 54.9 cm³/mol. The normalized spacial score (nSPS) is 33.3. The molecule has 1 fully saturated rings. The first kappa shape index (κ1) is 9.29. The van der Waals surface area contributed by atoms with Crippen molar-refractivity contribution in [3.05, 3.63) is 24.3 Å². The maximum Gasteiger partial charge on any atom is 0.0516 e. The second-order valence-corrected chi connectivity index (χ2v) is 4.20. The Morgan fingerprint density at radius 1 is 1.15 bits per heavy atom. The average molecular weight is 199 g/mol. The summed E-state index contributed by atoms with van der Waals surface area (Å²) in [5.74, 6) is 2.68. The summed E-state index contributed by atoms with van der Waals surface area (Å²) in [4.78, 5) is 0. The molecule has 0 radical (unpaired) electrons. The SMILES string of the molecule is ClCC1C=CC=CC1CC1COC1. The van der Waals surface area contributed by atoms with Crippen LogP contribution >= 0.6 is 11.6 Å². The molecule has 13 heavy (non-hydrogen) atoms. The number of allylic oxidation sites excluding steroid dienone is 4. The monoisotopic (exact) mass is 198 g/mol. The fourth-order valence-corrected chi connectivity index (χ4v) is 2.26. The van der Waals surface area contributed by atoms with Crippen molar-refractivity contribution in [3.8, 4) is 0 Å². The number of ether oxygens (including phenoxy) is 1. The van der Waals surface area contributed by atoms with Gasteiger partial charge in [-0.1, -0.05) is 24.3 Å². The fraction of sp³-hybridized carbons (Fsp3) is 0.636. The molecule has 2 unspecified atom stereocenters. The summed E-state index contributed by atoms with van der Waals surface area (Å²) in [6, 6.07) is 0. The van der Waals surface area contributed by atoms with Crippen molar-refractivity contribution in [2.45, 2.75) is 6.42 Å². The smallest absolute Gasteiger partial charge is 0.0516 e. The van der Waals surface area contributed by atoms with Crippen molar-refractivity contribution in [1.82, 2.24) is 0 Å². The first-order valence-corrected chi connectivity index (χ1v) is 5.42. The molecule has 0 aromatic heterocycles. The summed E-state index contributed by atoms with van der Waals surface area (Å²) < 4.78 is 5.17. The number of hydrogen-bond acceptors (Lipinski definition) is 1. The van der Waals surface area contributed by atoms with Crippen LogP contribution in [0, 0.1) is 17.8 Å². The van der Waals surface area contributed by atoms with E-state index in [0.29, 0.717) is 11.8 Å². The highest BCUT2D eigenvalue weighted by molar-refractivity contribution is 6.18. The van der Waals surface area contributed by atoms with Gasteiger partial charge in [-0.05, 0) is 18.3 Å². The molecular formula is C11H15ClO. The van der Waals surface area contributed by atoms with Crippen LogP contribution in [0.3, 0.4) is 0 Å². The van der Waals surface area contributed by atoms with Gasteiger partial charge in [-0.3, -0.25) is 0 Å². The Morgan fingerprint density at radius 2 is 1.85 bits per heavy atom. The molecule has 1 nitrogen and oxygen atoms in total. The molecule has 1 aliphatic heterocycles. The van der Waals surface area contributed by atoms with Gasteiger partial charge in [0.1, 0.15) is 0 Å². The van der Waals surface area contributed by atoms with Gasteiger partial charge in [0.25, 0.3) is 0 Å². The number of rotatable bonds is 3. The van der Waals surface area contributed by atoms with Crippen LogP contribution in [0.15, 0.2) is 24.3 Å². The van der Waals surface area contributed by atoms with Crippen LogP contribution in [0.5, 0.6) is 0 Å². The van der Waals surface area contributed by atoms with E-state index in [1.54, 1.807) is 0 Å². The second kappa shape index (κ2) is 4.30. The molecule has 1 heterocycles. The first-order valence-electron chi connectivity index (χ1n) is 4.89. The van der Waals surface area contributed by atoms with Gasteiger partial charge in [-0.15, -0.1) is 11.6 Å². The third-order valence-electron chi connectivity index (χ3n) is 2.87. The minimum absolute atomic E-state index is 0.535. The highest BCUT2D eigenvalue weighted by Crippen LogP contribution is 2.29. The molecule has 0 aromatic rings. The Labute approximate surface area is 84.4 Å². The molecular weight excluding hydrogens is 184 g/mol.